The summed E-state index contributed by atoms with van der Waals surface area (Å²) in [5.41, 5.74) is 0.382. The van der Waals surface area contributed by atoms with Gasteiger partial charge in [0, 0.05) is 47.7 Å². The normalized spacial score (nSPS) is 13.5. The maximum Gasteiger partial charge on any atom is 0.331 e. The van der Waals surface area contributed by atoms with Gasteiger partial charge in [0.2, 0.25) is 0 Å². The Hall–Kier alpha value is -1.90. The lowest BCUT2D eigenvalue weighted by atomic mass is 10.1. The summed E-state index contributed by atoms with van der Waals surface area (Å²) >= 11 is 0. The number of urea groups is 1. The van der Waals surface area contributed by atoms with Crippen molar-refractivity contribution in [2.24, 2.45) is 7.05 Å². The highest BCUT2D eigenvalue weighted by Gasteiger charge is 2.23. The van der Waals surface area contributed by atoms with Gasteiger partial charge in [-0.15, -0.1) is 0 Å². The first-order chi connectivity index (χ1) is 9.43. The summed E-state index contributed by atoms with van der Waals surface area (Å²) in [6.45, 7) is 2.02. The summed E-state index contributed by atoms with van der Waals surface area (Å²) in [5.74, 6) is -0.309. The first kappa shape index (κ1) is 16.2. The molecule has 0 saturated heterocycles. The van der Waals surface area contributed by atoms with Gasteiger partial charge in [-0.3, -0.25) is 8.89 Å². The van der Waals surface area contributed by atoms with Gasteiger partial charge < -0.3 is 15.7 Å². The molecular formula is C11H18N4O4S. The highest BCUT2D eigenvalue weighted by Crippen LogP contribution is 2.11. The van der Waals surface area contributed by atoms with Crippen molar-refractivity contribution in [3.63, 3.8) is 0 Å². The summed E-state index contributed by atoms with van der Waals surface area (Å²) < 4.78 is 12.6. The smallest absolute Gasteiger partial charge is 0.331 e. The number of aryl methyl sites for hydroxylation is 1. The summed E-state index contributed by atoms with van der Waals surface area (Å²) in [6, 6.07) is -1.78. The second kappa shape index (κ2) is 7.63. The molecule has 2 unspecified atom stereocenters. The highest BCUT2D eigenvalue weighted by molar-refractivity contribution is 7.84. The third-order valence-corrected chi connectivity index (χ3v) is 3.82. The van der Waals surface area contributed by atoms with Crippen LogP contribution in [-0.4, -0.2) is 49.1 Å². The van der Waals surface area contributed by atoms with Crippen LogP contribution in [0.1, 0.15) is 18.5 Å². The zero-order chi connectivity index (χ0) is 15.1. The molecule has 2 atom stereocenters. The Kier molecular flexibility index (Phi) is 6.16. The molecule has 1 rings (SSSR count). The quantitative estimate of drug-likeness (QED) is 0.635. The number of carboxylic acids is 1. The number of carbonyl (C=O) groups excluding carboxylic acids is 1. The Labute approximate surface area is 119 Å². The molecule has 1 aromatic heterocycles. The van der Waals surface area contributed by atoms with Crippen LogP contribution in [0.3, 0.4) is 0 Å². The monoisotopic (exact) mass is 302 g/mol. The van der Waals surface area contributed by atoms with E-state index >= 15 is 0 Å². The van der Waals surface area contributed by atoms with E-state index in [9.17, 15) is 13.8 Å². The number of amides is 2. The van der Waals surface area contributed by atoms with Gasteiger partial charge in [-0.2, -0.15) is 5.10 Å². The van der Waals surface area contributed by atoms with Crippen LogP contribution in [0.2, 0.25) is 0 Å². The summed E-state index contributed by atoms with van der Waals surface area (Å²) in [6.07, 6.45) is 2.90. The van der Waals surface area contributed by atoms with Gasteiger partial charge in [-0.25, -0.2) is 9.59 Å². The van der Waals surface area contributed by atoms with Crippen molar-refractivity contribution < 1.29 is 18.9 Å². The Bertz CT molecular complexity index is 502. The van der Waals surface area contributed by atoms with E-state index in [1.54, 1.807) is 14.0 Å². The molecule has 20 heavy (non-hydrogen) atoms. The van der Waals surface area contributed by atoms with E-state index in [-0.39, 0.29) is 6.54 Å². The predicted octanol–water partition coefficient (Wildman–Crippen LogP) is -0.386. The Morgan fingerprint density at radius 2 is 2.25 bits per heavy atom. The Morgan fingerprint density at radius 1 is 1.55 bits per heavy atom. The van der Waals surface area contributed by atoms with Gasteiger partial charge in [0.15, 0.2) is 6.04 Å². The zero-order valence-electron chi connectivity index (χ0n) is 11.3. The number of nitrogens with zero attached hydrogens (tertiary/aromatic N) is 2. The van der Waals surface area contributed by atoms with Gasteiger partial charge in [0.1, 0.15) is 0 Å². The Morgan fingerprint density at radius 3 is 2.75 bits per heavy atom. The van der Waals surface area contributed by atoms with Crippen LogP contribution in [0, 0.1) is 0 Å². The molecule has 2 amide bonds. The number of hydrogen-bond donors (Lipinski definition) is 3. The molecule has 0 fully saturated rings. The lowest BCUT2D eigenvalue weighted by molar-refractivity contribution is -0.139. The third kappa shape index (κ3) is 5.00. The first-order valence-corrected chi connectivity index (χ1v) is 7.53. The van der Waals surface area contributed by atoms with Gasteiger partial charge in [-0.05, 0) is 0 Å². The Balaban J connectivity index is 2.52. The lowest BCUT2D eigenvalue weighted by Crippen LogP contribution is -2.42. The fraction of sp³-hybridized carbons (Fsp3) is 0.545. The minimum Gasteiger partial charge on any atom is -0.479 e. The molecule has 9 heteroatoms. The summed E-state index contributed by atoms with van der Waals surface area (Å²) in [4.78, 5) is 22.7. The number of hydrogen-bond acceptors (Lipinski definition) is 4. The van der Waals surface area contributed by atoms with E-state index in [1.807, 2.05) is 0 Å². The second-order valence-corrected chi connectivity index (χ2v) is 5.92. The molecule has 0 aliphatic rings. The van der Waals surface area contributed by atoms with Gasteiger partial charge in [0.05, 0.1) is 6.20 Å². The van der Waals surface area contributed by atoms with E-state index in [4.69, 9.17) is 5.11 Å². The summed E-state index contributed by atoms with van der Waals surface area (Å²) in [5, 5.41) is 17.8. The molecular weight excluding hydrogens is 284 g/mol. The first-order valence-electron chi connectivity index (χ1n) is 6.04. The van der Waals surface area contributed by atoms with E-state index < -0.39 is 28.8 Å². The van der Waals surface area contributed by atoms with Crippen molar-refractivity contribution in [1.29, 1.82) is 0 Å². The van der Waals surface area contributed by atoms with Crippen molar-refractivity contribution in [3.8, 4) is 0 Å². The van der Waals surface area contributed by atoms with Crippen molar-refractivity contribution in [3.05, 3.63) is 18.0 Å². The summed E-state index contributed by atoms with van der Waals surface area (Å²) in [7, 11) is 0.686. The van der Waals surface area contributed by atoms with Crippen molar-refractivity contribution in [2.45, 2.75) is 13.0 Å². The van der Waals surface area contributed by atoms with Crippen LogP contribution < -0.4 is 10.6 Å². The van der Waals surface area contributed by atoms with Crippen LogP contribution in [0.25, 0.3) is 0 Å². The molecule has 0 aliphatic carbocycles. The molecule has 112 valence electrons. The van der Waals surface area contributed by atoms with Crippen molar-refractivity contribution in [1.82, 2.24) is 20.4 Å². The van der Waals surface area contributed by atoms with Crippen LogP contribution >= 0.6 is 0 Å². The molecule has 1 heterocycles. The molecule has 0 spiro atoms. The van der Waals surface area contributed by atoms with Crippen LogP contribution in [0.15, 0.2) is 12.4 Å². The van der Waals surface area contributed by atoms with Gasteiger partial charge in [-0.1, -0.05) is 6.92 Å². The standard InChI is InChI=1S/C11H18N4O4S/c1-3-20(19)5-4-12-11(18)14-9(10(16)17)8-6-13-15(2)7-8/h6-7,9H,3-5H2,1-2H3,(H,16,17)(H2,12,14,18). The van der Waals surface area contributed by atoms with Crippen molar-refractivity contribution >= 4 is 22.8 Å². The minimum atomic E-state index is -1.18. The fourth-order valence-electron chi connectivity index (χ4n) is 1.48. The van der Waals surface area contributed by atoms with E-state index in [0.717, 1.165) is 0 Å². The van der Waals surface area contributed by atoms with Crippen LogP contribution in [-0.2, 0) is 22.6 Å². The van der Waals surface area contributed by atoms with Crippen molar-refractivity contribution in [2.75, 3.05) is 18.1 Å². The highest BCUT2D eigenvalue weighted by atomic mass is 32.2. The molecule has 1 aromatic rings. The average molecular weight is 302 g/mol. The molecule has 0 aliphatic heterocycles. The maximum absolute atomic E-state index is 11.6. The van der Waals surface area contributed by atoms with Gasteiger partial charge in [0.25, 0.3) is 0 Å². The van der Waals surface area contributed by atoms with Gasteiger partial charge >= 0.3 is 12.0 Å². The second-order valence-electron chi connectivity index (χ2n) is 4.05. The van der Waals surface area contributed by atoms with Crippen LogP contribution in [0.4, 0.5) is 4.79 Å². The fourth-order valence-corrected chi connectivity index (χ4v) is 2.10. The predicted molar refractivity (Wildman–Crippen MR) is 73.7 cm³/mol. The largest absolute Gasteiger partial charge is 0.479 e. The number of rotatable bonds is 7. The molecule has 0 aromatic carbocycles. The lowest BCUT2D eigenvalue weighted by Gasteiger charge is -2.13. The number of nitrogens with one attached hydrogen (secondary N) is 2. The molecule has 0 saturated carbocycles. The van der Waals surface area contributed by atoms with E-state index in [0.29, 0.717) is 17.1 Å². The van der Waals surface area contributed by atoms with Crippen LogP contribution in [0.5, 0.6) is 0 Å². The third-order valence-electron chi connectivity index (χ3n) is 2.52. The zero-order valence-corrected chi connectivity index (χ0v) is 12.1. The minimum absolute atomic E-state index is 0.228. The molecule has 0 bridgehead atoms. The number of carboxylic acid groups (broad SMARTS) is 1. The SMILES string of the molecule is CCS(=O)CCNC(=O)NC(C(=O)O)c1cnn(C)c1. The number of aliphatic carboxylic acids is 1. The molecule has 0 radical (unpaired) electrons. The number of carbonyl (C=O) groups is 2. The average Bonchev–Trinajstić information content (AvgIpc) is 2.81. The van der Waals surface area contributed by atoms with E-state index in [1.165, 1.54) is 17.1 Å². The topological polar surface area (TPSA) is 113 Å². The van der Waals surface area contributed by atoms with E-state index in [2.05, 4.69) is 15.7 Å². The molecule has 8 nitrogen and oxygen atoms in total. The molecule has 3 N–H and O–H groups in total. The maximum atomic E-state index is 11.6. The number of aromatic nitrogens is 2.